The van der Waals surface area contributed by atoms with Crippen LogP contribution >= 0.6 is 23.1 Å². The van der Waals surface area contributed by atoms with E-state index in [0.717, 1.165) is 22.6 Å². The molecule has 0 spiro atoms. The van der Waals surface area contributed by atoms with Gasteiger partial charge in [0.2, 0.25) is 5.91 Å². The molecule has 0 aliphatic heterocycles. The molecule has 27 heavy (non-hydrogen) atoms. The minimum atomic E-state index is -0.120. The number of para-hydroxylation sites is 1. The molecule has 0 fully saturated rings. The molecule has 9 heteroatoms. The van der Waals surface area contributed by atoms with Crippen LogP contribution in [0.15, 0.2) is 28.7 Å². The number of ether oxygens (including phenoxy) is 1. The van der Waals surface area contributed by atoms with Crippen LogP contribution in [-0.2, 0) is 18.4 Å². The fraction of sp³-hybridized carbons (Fsp3) is 0.333. The topological polar surface area (TPSA) is 81.9 Å². The van der Waals surface area contributed by atoms with E-state index in [4.69, 9.17) is 4.74 Å². The lowest BCUT2D eigenvalue weighted by molar-refractivity contribution is -0.113. The Bertz CT molecular complexity index is 931. The van der Waals surface area contributed by atoms with Crippen LogP contribution < -0.4 is 10.1 Å². The van der Waals surface area contributed by atoms with Crippen LogP contribution in [0.25, 0.3) is 0 Å². The molecule has 3 rings (SSSR count). The van der Waals surface area contributed by atoms with Gasteiger partial charge in [-0.25, -0.2) is 4.98 Å². The molecule has 7 nitrogen and oxygen atoms in total. The molecule has 0 aliphatic carbocycles. The highest BCUT2D eigenvalue weighted by Crippen LogP contribution is 2.24. The van der Waals surface area contributed by atoms with Gasteiger partial charge in [-0.1, -0.05) is 30.0 Å². The summed E-state index contributed by atoms with van der Waals surface area (Å²) < 4.78 is 7.78. The molecule has 0 bridgehead atoms. The Morgan fingerprint density at radius 3 is 2.67 bits per heavy atom. The summed E-state index contributed by atoms with van der Waals surface area (Å²) in [4.78, 5) is 16.3. The zero-order valence-electron chi connectivity index (χ0n) is 15.6. The average molecular weight is 404 g/mol. The quantitative estimate of drug-likeness (QED) is 0.608. The molecule has 0 aliphatic rings. The third-order valence-corrected chi connectivity index (χ3v) is 5.77. The maximum Gasteiger partial charge on any atom is 0.236 e. The normalized spacial score (nSPS) is 10.8. The summed E-state index contributed by atoms with van der Waals surface area (Å²) in [5.74, 6) is 1.69. The molecule has 142 valence electrons. The molecule has 2 aromatic heterocycles. The summed E-state index contributed by atoms with van der Waals surface area (Å²) in [7, 11) is 1.87. The van der Waals surface area contributed by atoms with Gasteiger partial charge in [-0.15, -0.1) is 21.5 Å². The summed E-state index contributed by atoms with van der Waals surface area (Å²) >= 11 is 2.74. The third kappa shape index (κ3) is 4.86. The van der Waals surface area contributed by atoms with Crippen molar-refractivity contribution in [2.75, 3.05) is 11.1 Å². The summed E-state index contributed by atoms with van der Waals surface area (Å²) in [5, 5.41) is 14.3. The van der Waals surface area contributed by atoms with Crippen molar-refractivity contribution < 1.29 is 9.53 Å². The Morgan fingerprint density at radius 1 is 1.26 bits per heavy atom. The van der Waals surface area contributed by atoms with Gasteiger partial charge in [0.1, 0.15) is 12.4 Å². The van der Waals surface area contributed by atoms with Crippen LogP contribution in [0, 0.1) is 20.8 Å². The van der Waals surface area contributed by atoms with E-state index >= 15 is 0 Å². The second-order valence-corrected chi connectivity index (χ2v) is 7.90. The van der Waals surface area contributed by atoms with Crippen LogP contribution in [0.5, 0.6) is 5.75 Å². The molecule has 2 heterocycles. The molecular weight excluding hydrogens is 382 g/mol. The number of aryl methyl sites for hydroxylation is 3. The number of hydrogen-bond acceptors (Lipinski definition) is 7. The van der Waals surface area contributed by atoms with Crippen LogP contribution in [0.2, 0.25) is 0 Å². The summed E-state index contributed by atoms with van der Waals surface area (Å²) in [5.41, 5.74) is 3.06. The van der Waals surface area contributed by atoms with E-state index in [2.05, 4.69) is 20.5 Å². The van der Waals surface area contributed by atoms with Gasteiger partial charge in [-0.2, -0.15) is 0 Å². The number of hydrogen-bond donors (Lipinski definition) is 1. The lowest BCUT2D eigenvalue weighted by Gasteiger charge is -2.11. The SMILES string of the molecule is Cc1csc(NC(=O)CSc2nnc(COc3c(C)cccc3C)n2C)n1. The number of nitrogens with zero attached hydrogens (tertiary/aromatic N) is 4. The zero-order valence-corrected chi connectivity index (χ0v) is 17.3. The molecule has 0 saturated heterocycles. The molecule has 0 saturated carbocycles. The fourth-order valence-corrected chi connectivity index (χ4v) is 3.89. The number of thiazole rings is 1. The number of aromatic nitrogens is 4. The molecular formula is C18H21N5O2S2. The maximum atomic E-state index is 12.1. The minimum absolute atomic E-state index is 0.120. The monoisotopic (exact) mass is 403 g/mol. The first-order valence-corrected chi connectivity index (χ1v) is 10.2. The second-order valence-electron chi connectivity index (χ2n) is 6.10. The number of rotatable bonds is 7. The van der Waals surface area contributed by atoms with E-state index < -0.39 is 0 Å². The average Bonchev–Trinajstić information content (AvgIpc) is 3.18. The van der Waals surface area contributed by atoms with Crippen LogP contribution in [0.3, 0.4) is 0 Å². The van der Waals surface area contributed by atoms with Gasteiger partial charge in [0.25, 0.3) is 0 Å². The van der Waals surface area contributed by atoms with Crippen LogP contribution in [-0.4, -0.2) is 31.4 Å². The van der Waals surface area contributed by atoms with E-state index in [1.807, 2.05) is 56.0 Å². The van der Waals surface area contributed by atoms with E-state index in [0.29, 0.717) is 22.7 Å². The fourth-order valence-electron chi connectivity index (χ4n) is 2.46. The Kier molecular flexibility index (Phi) is 6.12. The number of amides is 1. The summed E-state index contributed by atoms with van der Waals surface area (Å²) in [6.45, 7) is 6.24. The number of carbonyl (C=O) groups is 1. The lowest BCUT2D eigenvalue weighted by atomic mass is 10.1. The highest BCUT2D eigenvalue weighted by Gasteiger charge is 2.13. The van der Waals surface area contributed by atoms with Crippen molar-refractivity contribution in [3.63, 3.8) is 0 Å². The third-order valence-electron chi connectivity index (χ3n) is 3.88. The predicted octanol–water partition coefficient (Wildman–Crippen LogP) is 3.51. The van der Waals surface area contributed by atoms with Crippen molar-refractivity contribution in [2.45, 2.75) is 32.5 Å². The lowest BCUT2D eigenvalue weighted by Crippen LogP contribution is -2.14. The Hall–Kier alpha value is -2.39. The number of nitrogens with one attached hydrogen (secondary N) is 1. The minimum Gasteiger partial charge on any atom is -0.485 e. The van der Waals surface area contributed by atoms with Crippen molar-refractivity contribution in [3.05, 3.63) is 46.2 Å². The molecule has 0 unspecified atom stereocenters. The van der Waals surface area contributed by atoms with Crippen molar-refractivity contribution in [2.24, 2.45) is 7.05 Å². The van der Waals surface area contributed by atoms with Gasteiger partial charge < -0.3 is 14.6 Å². The van der Waals surface area contributed by atoms with E-state index in [-0.39, 0.29) is 11.7 Å². The van der Waals surface area contributed by atoms with Crippen molar-refractivity contribution in [1.82, 2.24) is 19.7 Å². The van der Waals surface area contributed by atoms with Gasteiger partial charge in [-0.3, -0.25) is 4.79 Å². The molecule has 1 amide bonds. The zero-order chi connectivity index (χ0) is 19.4. The first-order valence-electron chi connectivity index (χ1n) is 8.36. The Balaban J connectivity index is 1.56. The second kappa shape index (κ2) is 8.53. The van der Waals surface area contributed by atoms with Gasteiger partial charge >= 0.3 is 0 Å². The molecule has 0 atom stereocenters. The van der Waals surface area contributed by atoms with Crippen LogP contribution in [0.4, 0.5) is 5.13 Å². The molecule has 1 N–H and O–H groups in total. The molecule has 0 radical (unpaired) electrons. The molecule has 1 aromatic carbocycles. The number of thioether (sulfide) groups is 1. The van der Waals surface area contributed by atoms with E-state index in [9.17, 15) is 4.79 Å². The van der Waals surface area contributed by atoms with E-state index in [1.54, 1.807) is 0 Å². The smallest absolute Gasteiger partial charge is 0.236 e. The standard InChI is InChI=1S/C18H21N5O2S2/c1-11-6-5-7-12(2)16(11)25-8-14-21-22-18(23(14)4)27-10-15(24)20-17-19-13(3)9-26-17/h5-7,9H,8,10H2,1-4H3,(H,19,20,24). The number of carbonyl (C=O) groups excluding carboxylic acids is 1. The Labute approximate surface area is 166 Å². The highest BCUT2D eigenvalue weighted by atomic mass is 32.2. The van der Waals surface area contributed by atoms with Gasteiger partial charge in [0.05, 0.1) is 11.4 Å². The van der Waals surface area contributed by atoms with Crippen molar-refractivity contribution >= 4 is 34.1 Å². The highest BCUT2D eigenvalue weighted by molar-refractivity contribution is 7.99. The number of anilines is 1. The largest absolute Gasteiger partial charge is 0.485 e. The Morgan fingerprint density at radius 2 is 2.00 bits per heavy atom. The maximum absolute atomic E-state index is 12.1. The van der Waals surface area contributed by atoms with Gasteiger partial charge in [0, 0.05) is 12.4 Å². The summed E-state index contributed by atoms with van der Waals surface area (Å²) in [6, 6.07) is 6.04. The van der Waals surface area contributed by atoms with Crippen molar-refractivity contribution in [3.8, 4) is 5.75 Å². The first kappa shape index (κ1) is 19.4. The van der Waals surface area contributed by atoms with Crippen molar-refractivity contribution in [1.29, 1.82) is 0 Å². The van der Waals surface area contributed by atoms with Crippen LogP contribution in [0.1, 0.15) is 22.6 Å². The van der Waals surface area contributed by atoms with Gasteiger partial charge in [0.15, 0.2) is 16.1 Å². The molecule has 3 aromatic rings. The predicted molar refractivity (Wildman–Crippen MR) is 107 cm³/mol. The van der Waals surface area contributed by atoms with Gasteiger partial charge in [-0.05, 0) is 31.9 Å². The van der Waals surface area contributed by atoms with E-state index in [1.165, 1.54) is 23.1 Å². The summed E-state index contributed by atoms with van der Waals surface area (Å²) in [6.07, 6.45) is 0. The first-order chi connectivity index (χ1) is 12.9. The number of benzene rings is 1.